The molecule has 2 rings (SSSR count). The first kappa shape index (κ1) is 15.5. The van der Waals surface area contributed by atoms with Crippen LogP contribution in [0.3, 0.4) is 0 Å². The zero-order valence-electron chi connectivity index (χ0n) is 12.1. The highest BCUT2D eigenvalue weighted by atomic mass is 16.6. The molecule has 0 aliphatic carbocycles. The van der Waals surface area contributed by atoms with Crippen molar-refractivity contribution in [2.24, 2.45) is 0 Å². The third-order valence-corrected chi connectivity index (χ3v) is 3.27. The molecule has 0 saturated carbocycles. The average molecular weight is 301 g/mol. The highest BCUT2D eigenvalue weighted by Crippen LogP contribution is 2.32. The molecule has 0 bridgehead atoms. The number of ether oxygens (including phenoxy) is 1. The molecule has 0 saturated heterocycles. The van der Waals surface area contributed by atoms with Gasteiger partial charge in [-0.25, -0.2) is 4.79 Å². The Morgan fingerprint density at radius 3 is 2.95 bits per heavy atom. The molecule has 0 aromatic heterocycles. The monoisotopic (exact) mass is 301 g/mol. The summed E-state index contributed by atoms with van der Waals surface area (Å²) in [5.41, 5.74) is 0.868. The summed E-state index contributed by atoms with van der Waals surface area (Å²) in [6.45, 7) is 2.25. The number of anilines is 1. The SMILES string of the molecule is CCCCOC(=O)N1c2ccc([N+](=O)[O-])cc2C=CC1C#N. The molecule has 1 aromatic rings. The second-order valence-corrected chi connectivity index (χ2v) is 4.77. The zero-order valence-corrected chi connectivity index (χ0v) is 12.1. The Morgan fingerprint density at radius 1 is 1.55 bits per heavy atom. The number of non-ortho nitro benzene ring substituents is 1. The molecule has 0 radical (unpaired) electrons. The maximum Gasteiger partial charge on any atom is 0.415 e. The topological polar surface area (TPSA) is 96.5 Å². The van der Waals surface area contributed by atoms with Gasteiger partial charge in [-0.05, 0) is 18.6 Å². The van der Waals surface area contributed by atoms with Crippen LogP contribution in [0.1, 0.15) is 25.3 Å². The van der Waals surface area contributed by atoms with E-state index in [-0.39, 0.29) is 12.3 Å². The number of hydrogen-bond donors (Lipinski definition) is 0. The van der Waals surface area contributed by atoms with Crippen molar-refractivity contribution < 1.29 is 14.5 Å². The first-order valence-corrected chi connectivity index (χ1v) is 6.90. The minimum Gasteiger partial charge on any atom is -0.449 e. The normalized spacial score (nSPS) is 15.8. The molecule has 1 unspecified atom stereocenters. The number of nitro benzene ring substituents is 1. The van der Waals surface area contributed by atoms with Crippen LogP contribution in [0.15, 0.2) is 24.3 Å². The van der Waals surface area contributed by atoms with Crippen molar-refractivity contribution in [1.82, 2.24) is 0 Å². The van der Waals surface area contributed by atoms with Crippen LogP contribution in [0.25, 0.3) is 6.08 Å². The summed E-state index contributed by atoms with van der Waals surface area (Å²) >= 11 is 0. The van der Waals surface area contributed by atoms with Crippen molar-refractivity contribution in [1.29, 1.82) is 5.26 Å². The summed E-state index contributed by atoms with van der Waals surface area (Å²) in [5, 5.41) is 20.0. The summed E-state index contributed by atoms with van der Waals surface area (Å²) in [6, 6.07) is 5.35. The number of nitrogens with zero attached hydrogens (tertiary/aromatic N) is 3. The van der Waals surface area contributed by atoms with Gasteiger partial charge in [0.25, 0.3) is 5.69 Å². The summed E-state index contributed by atoms with van der Waals surface area (Å²) in [4.78, 5) is 23.7. The van der Waals surface area contributed by atoms with Crippen molar-refractivity contribution >= 4 is 23.5 Å². The number of carbonyl (C=O) groups is 1. The molecule has 7 heteroatoms. The average Bonchev–Trinajstić information content (AvgIpc) is 2.53. The fourth-order valence-electron chi connectivity index (χ4n) is 2.13. The summed E-state index contributed by atoms with van der Waals surface area (Å²) in [5.74, 6) is 0. The summed E-state index contributed by atoms with van der Waals surface area (Å²) in [6.07, 6.45) is 4.12. The molecule has 22 heavy (non-hydrogen) atoms. The standard InChI is InChI=1S/C15H15N3O4/c1-2-3-8-22-15(19)17-13(10-16)5-4-11-9-12(18(20)21)6-7-14(11)17/h4-7,9,13H,2-3,8H2,1H3. The maximum absolute atomic E-state index is 12.2. The van der Waals surface area contributed by atoms with Crippen LogP contribution in [0.2, 0.25) is 0 Å². The van der Waals surface area contributed by atoms with Gasteiger partial charge >= 0.3 is 6.09 Å². The van der Waals surface area contributed by atoms with Gasteiger partial charge in [-0.1, -0.05) is 19.4 Å². The second-order valence-electron chi connectivity index (χ2n) is 4.77. The second kappa shape index (κ2) is 6.72. The summed E-state index contributed by atoms with van der Waals surface area (Å²) < 4.78 is 5.16. The van der Waals surface area contributed by atoms with E-state index in [2.05, 4.69) is 0 Å². The lowest BCUT2D eigenvalue weighted by molar-refractivity contribution is -0.384. The van der Waals surface area contributed by atoms with Gasteiger partial charge in [0, 0.05) is 17.7 Å². The van der Waals surface area contributed by atoms with Crippen LogP contribution in [-0.2, 0) is 4.74 Å². The lowest BCUT2D eigenvalue weighted by atomic mass is 10.0. The number of nitriles is 1. The molecule has 1 atom stereocenters. The maximum atomic E-state index is 12.2. The predicted octanol–water partition coefficient (Wildman–Crippen LogP) is 3.26. The van der Waals surface area contributed by atoms with E-state index in [1.165, 1.54) is 29.2 Å². The van der Waals surface area contributed by atoms with Gasteiger partial charge in [-0.2, -0.15) is 5.26 Å². The van der Waals surface area contributed by atoms with Crippen LogP contribution in [0.5, 0.6) is 0 Å². The minimum absolute atomic E-state index is 0.0712. The van der Waals surface area contributed by atoms with Crippen LogP contribution < -0.4 is 4.90 Å². The molecule has 1 amide bonds. The Labute approximate surface area is 127 Å². The minimum atomic E-state index is -0.789. The number of unbranched alkanes of at least 4 members (excludes halogenated alkanes) is 1. The Morgan fingerprint density at radius 2 is 2.32 bits per heavy atom. The van der Waals surface area contributed by atoms with E-state index in [4.69, 9.17) is 4.74 Å². The first-order chi connectivity index (χ1) is 10.6. The number of fused-ring (bicyclic) bond motifs is 1. The Kier molecular flexibility index (Phi) is 4.73. The highest BCUT2D eigenvalue weighted by molar-refractivity contribution is 5.94. The van der Waals surface area contributed by atoms with E-state index in [1.807, 2.05) is 13.0 Å². The van der Waals surface area contributed by atoms with Gasteiger partial charge in [-0.15, -0.1) is 0 Å². The van der Waals surface area contributed by atoms with Gasteiger partial charge in [-0.3, -0.25) is 15.0 Å². The number of nitro groups is 1. The number of benzene rings is 1. The molecular weight excluding hydrogens is 286 g/mol. The van der Waals surface area contributed by atoms with Crippen molar-refractivity contribution in [2.75, 3.05) is 11.5 Å². The molecular formula is C15H15N3O4. The van der Waals surface area contributed by atoms with E-state index in [0.717, 1.165) is 12.8 Å². The molecule has 1 heterocycles. The highest BCUT2D eigenvalue weighted by Gasteiger charge is 2.30. The van der Waals surface area contributed by atoms with E-state index < -0.39 is 17.1 Å². The van der Waals surface area contributed by atoms with Crippen molar-refractivity contribution in [3.8, 4) is 6.07 Å². The van der Waals surface area contributed by atoms with E-state index in [9.17, 15) is 20.2 Å². The lowest BCUT2D eigenvalue weighted by Gasteiger charge is -2.29. The molecule has 0 N–H and O–H groups in total. The largest absolute Gasteiger partial charge is 0.449 e. The number of hydrogen-bond acceptors (Lipinski definition) is 5. The third kappa shape index (κ3) is 3.06. The van der Waals surface area contributed by atoms with Crippen molar-refractivity contribution in [3.63, 3.8) is 0 Å². The van der Waals surface area contributed by atoms with Gasteiger partial charge in [0.2, 0.25) is 0 Å². The fraction of sp³-hybridized carbons (Fsp3) is 0.333. The van der Waals surface area contributed by atoms with Crippen molar-refractivity contribution in [3.05, 3.63) is 40.0 Å². The van der Waals surface area contributed by atoms with Gasteiger partial charge < -0.3 is 4.74 Å². The van der Waals surface area contributed by atoms with Crippen LogP contribution in [0, 0.1) is 21.4 Å². The molecule has 1 aliphatic heterocycles. The number of amides is 1. The summed E-state index contributed by atoms with van der Waals surface area (Å²) in [7, 11) is 0. The number of rotatable bonds is 4. The zero-order chi connectivity index (χ0) is 16.1. The smallest absolute Gasteiger partial charge is 0.415 e. The molecule has 7 nitrogen and oxygen atoms in total. The first-order valence-electron chi connectivity index (χ1n) is 6.90. The lowest BCUT2D eigenvalue weighted by Crippen LogP contribution is -2.41. The van der Waals surface area contributed by atoms with E-state index in [0.29, 0.717) is 11.3 Å². The van der Waals surface area contributed by atoms with Gasteiger partial charge in [0.15, 0.2) is 0 Å². The van der Waals surface area contributed by atoms with Gasteiger partial charge in [0.05, 0.1) is 23.3 Å². The molecule has 1 aliphatic rings. The Hall–Kier alpha value is -2.88. The molecule has 1 aromatic carbocycles. The molecule has 0 fully saturated rings. The molecule has 0 spiro atoms. The fourth-order valence-corrected chi connectivity index (χ4v) is 2.13. The quantitative estimate of drug-likeness (QED) is 0.483. The van der Waals surface area contributed by atoms with Crippen molar-refractivity contribution in [2.45, 2.75) is 25.8 Å². The molecule has 114 valence electrons. The number of carbonyl (C=O) groups excluding carboxylic acids is 1. The Bertz CT molecular complexity index is 663. The van der Waals surface area contributed by atoms with Crippen LogP contribution >= 0.6 is 0 Å². The predicted molar refractivity (Wildman–Crippen MR) is 80.3 cm³/mol. The van der Waals surface area contributed by atoms with Crippen LogP contribution in [0.4, 0.5) is 16.2 Å². The third-order valence-electron chi connectivity index (χ3n) is 3.27. The van der Waals surface area contributed by atoms with Gasteiger partial charge in [0.1, 0.15) is 6.04 Å². The van der Waals surface area contributed by atoms with E-state index in [1.54, 1.807) is 6.08 Å². The Balaban J connectivity index is 2.33. The van der Waals surface area contributed by atoms with Crippen LogP contribution in [-0.4, -0.2) is 23.7 Å². The van der Waals surface area contributed by atoms with E-state index >= 15 is 0 Å².